The summed E-state index contributed by atoms with van der Waals surface area (Å²) in [5.41, 5.74) is 3.51. The molecule has 0 aliphatic rings. The molecule has 2 nitrogen and oxygen atoms in total. The van der Waals surface area contributed by atoms with Crippen molar-refractivity contribution in [1.29, 1.82) is 0 Å². The van der Waals surface area contributed by atoms with E-state index in [2.05, 4.69) is 4.98 Å². The second-order valence-electron chi connectivity index (χ2n) is 3.87. The molecule has 0 aliphatic carbocycles. The molecule has 0 fully saturated rings. The molecule has 0 spiro atoms. The lowest BCUT2D eigenvalue weighted by Gasteiger charge is -2.06. The molecule has 1 aromatic carbocycles. The van der Waals surface area contributed by atoms with E-state index in [4.69, 9.17) is 4.74 Å². The monoisotopic (exact) mass is 251 g/mol. The fraction of sp³-hybridized carbons (Fsp3) is 0.308. The zero-order valence-electron chi connectivity index (χ0n) is 9.87. The zero-order valence-corrected chi connectivity index (χ0v) is 10.7. The third kappa shape index (κ3) is 3.03. The number of hydrogen-bond acceptors (Lipinski definition) is 3. The van der Waals surface area contributed by atoms with Crippen LogP contribution in [-0.4, -0.2) is 11.6 Å². The fourth-order valence-corrected chi connectivity index (χ4v) is 2.30. The van der Waals surface area contributed by atoms with Gasteiger partial charge in [-0.2, -0.15) is 0 Å². The molecule has 1 heterocycles. The van der Waals surface area contributed by atoms with E-state index in [0.29, 0.717) is 17.9 Å². The molecule has 0 amide bonds. The van der Waals surface area contributed by atoms with E-state index in [1.54, 1.807) is 30.4 Å². The Morgan fingerprint density at radius 3 is 2.82 bits per heavy atom. The van der Waals surface area contributed by atoms with Crippen LogP contribution in [0.1, 0.15) is 16.1 Å². The van der Waals surface area contributed by atoms with Gasteiger partial charge >= 0.3 is 0 Å². The van der Waals surface area contributed by atoms with Crippen molar-refractivity contribution in [3.05, 3.63) is 45.7 Å². The first kappa shape index (κ1) is 12.0. The van der Waals surface area contributed by atoms with Gasteiger partial charge in [-0.3, -0.25) is 0 Å². The van der Waals surface area contributed by atoms with Gasteiger partial charge in [-0.25, -0.2) is 9.37 Å². The maximum atomic E-state index is 13.0. The van der Waals surface area contributed by atoms with Crippen LogP contribution in [0.4, 0.5) is 4.39 Å². The molecule has 0 unspecified atom stereocenters. The summed E-state index contributed by atoms with van der Waals surface area (Å²) in [6.45, 7) is 4.32. The number of nitrogens with zero attached hydrogens (tertiary/aromatic N) is 1. The van der Waals surface area contributed by atoms with Gasteiger partial charge in [0.05, 0.1) is 17.8 Å². The predicted octanol–water partition coefficient (Wildman–Crippen LogP) is 3.52. The average Bonchev–Trinajstić information content (AvgIpc) is 2.70. The zero-order chi connectivity index (χ0) is 12.3. The maximum Gasteiger partial charge on any atom is 0.126 e. The Labute approximate surface area is 104 Å². The van der Waals surface area contributed by atoms with E-state index in [1.807, 2.05) is 12.4 Å². The molecular weight excluding hydrogens is 237 g/mol. The quantitative estimate of drug-likeness (QED) is 0.829. The van der Waals surface area contributed by atoms with Crippen LogP contribution in [-0.2, 0) is 6.42 Å². The Morgan fingerprint density at radius 1 is 1.35 bits per heavy atom. The molecule has 1 aromatic heterocycles. The van der Waals surface area contributed by atoms with Crippen molar-refractivity contribution in [2.45, 2.75) is 20.3 Å². The number of aryl methyl sites for hydroxylation is 2. The third-order valence-corrected chi connectivity index (χ3v) is 3.57. The second kappa shape index (κ2) is 5.27. The molecule has 17 heavy (non-hydrogen) atoms. The van der Waals surface area contributed by atoms with Gasteiger partial charge in [0, 0.05) is 11.3 Å². The Balaban J connectivity index is 1.90. The van der Waals surface area contributed by atoms with Crippen molar-refractivity contribution in [3.63, 3.8) is 0 Å². The molecule has 2 aromatic rings. The van der Waals surface area contributed by atoms with Crippen molar-refractivity contribution in [3.8, 4) is 5.75 Å². The minimum atomic E-state index is -0.198. The summed E-state index contributed by atoms with van der Waals surface area (Å²) < 4.78 is 18.6. The highest BCUT2D eigenvalue weighted by atomic mass is 32.1. The topological polar surface area (TPSA) is 22.1 Å². The van der Waals surface area contributed by atoms with Gasteiger partial charge in [-0.1, -0.05) is 0 Å². The van der Waals surface area contributed by atoms with Crippen LogP contribution in [0.15, 0.2) is 23.7 Å². The van der Waals surface area contributed by atoms with Crippen molar-refractivity contribution < 1.29 is 9.13 Å². The van der Waals surface area contributed by atoms with Crippen molar-refractivity contribution >= 4 is 11.3 Å². The van der Waals surface area contributed by atoms with E-state index in [9.17, 15) is 4.39 Å². The van der Waals surface area contributed by atoms with Crippen LogP contribution in [0.2, 0.25) is 0 Å². The van der Waals surface area contributed by atoms with Crippen LogP contribution in [0.5, 0.6) is 5.75 Å². The summed E-state index contributed by atoms with van der Waals surface area (Å²) in [6.07, 6.45) is 0.840. The molecule has 0 saturated carbocycles. The Bertz CT molecular complexity index is 510. The van der Waals surface area contributed by atoms with Crippen LogP contribution in [0, 0.1) is 19.7 Å². The first-order chi connectivity index (χ1) is 8.16. The smallest absolute Gasteiger partial charge is 0.126 e. The van der Waals surface area contributed by atoms with E-state index in [1.165, 1.54) is 10.9 Å². The standard InChI is InChI=1S/C13H14FNOS/c1-9-7-11(3-4-12(9)14)16-6-5-13-10(2)15-8-17-13/h3-4,7-8H,5-6H2,1-2H3. The minimum absolute atomic E-state index is 0.198. The number of rotatable bonds is 4. The molecule has 4 heteroatoms. The van der Waals surface area contributed by atoms with Crippen LogP contribution < -0.4 is 4.74 Å². The molecule has 90 valence electrons. The van der Waals surface area contributed by atoms with Crippen molar-refractivity contribution in [1.82, 2.24) is 4.98 Å². The number of thiazole rings is 1. The lowest BCUT2D eigenvalue weighted by Crippen LogP contribution is -2.01. The lowest BCUT2D eigenvalue weighted by atomic mass is 10.2. The summed E-state index contributed by atoms with van der Waals surface area (Å²) in [5, 5.41) is 0. The summed E-state index contributed by atoms with van der Waals surface area (Å²) in [7, 11) is 0. The Hall–Kier alpha value is -1.42. The first-order valence-corrected chi connectivity index (χ1v) is 6.32. The highest BCUT2D eigenvalue weighted by Crippen LogP contribution is 2.17. The SMILES string of the molecule is Cc1cc(OCCc2scnc2C)ccc1F. The van der Waals surface area contributed by atoms with E-state index in [-0.39, 0.29) is 5.82 Å². The van der Waals surface area contributed by atoms with Crippen LogP contribution in [0.3, 0.4) is 0 Å². The molecule has 0 bridgehead atoms. The van der Waals surface area contributed by atoms with E-state index < -0.39 is 0 Å². The van der Waals surface area contributed by atoms with E-state index >= 15 is 0 Å². The second-order valence-corrected chi connectivity index (χ2v) is 4.81. The number of aromatic nitrogens is 1. The molecule has 0 N–H and O–H groups in total. The Kier molecular flexibility index (Phi) is 3.74. The summed E-state index contributed by atoms with van der Waals surface area (Å²) in [5.74, 6) is 0.515. The van der Waals surface area contributed by atoms with Crippen LogP contribution in [0.25, 0.3) is 0 Å². The number of halogens is 1. The minimum Gasteiger partial charge on any atom is -0.493 e. The molecular formula is C13H14FNOS. The summed E-state index contributed by atoms with van der Waals surface area (Å²) >= 11 is 1.64. The molecule has 0 atom stereocenters. The number of hydrogen-bond donors (Lipinski definition) is 0. The van der Waals surface area contributed by atoms with Gasteiger partial charge < -0.3 is 4.74 Å². The van der Waals surface area contributed by atoms with Gasteiger partial charge in [-0.15, -0.1) is 11.3 Å². The number of benzene rings is 1. The third-order valence-electron chi connectivity index (χ3n) is 2.57. The first-order valence-electron chi connectivity index (χ1n) is 5.45. The predicted molar refractivity (Wildman–Crippen MR) is 67.2 cm³/mol. The Morgan fingerprint density at radius 2 is 2.18 bits per heavy atom. The van der Waals surface area contributed by atoms with E-state index in [0.717, 1.165) is 12.1 Å². The lowest BCUT2D eigenvalue weighted by molar-refractivity contribution is 0.322. The maximum absolute atomic E-state index is 13.0. The molecule has 0 aliphatic heterocycles. The van der Waals surface area contributed by atoms with Gasteiger partial charge in [0.25, 0.3) is 0 Å². The average molecular weight is 251 g/mol. The summed E-state index contributed by atoms with van der Waals surface area (Å²) in [4.78, 5) is 5.42. The number of ether oxygens (including phenoxy) is 1. The largest absolute Gasteiger partial charge is 0.493 e. The van der Waals surface area contributed by atoms with Gasteiger partial charge in [-0.05, 0) is 37.6 Å². The van der Waals surface area contributed by atoms with Crippen LogP contribution >= 0.6 is 11.3 Å². The fourth-order valence-electron chi connectivity index (χ4n) is 1.53. The highest BCUT2D eigenvalue weighted by Gasteiger charge is 2.03. The summed E-state index contributed by atoms with van der Waals surface area (Å²) in [6, 6.07) is 4.80. The van der Waals surface area contributed by atoms with Gasteiger partial charge in [0.1, 0.15) is 11.6 Å². The molecule has 0 radical (unpaired) electrons. The normalized spacial score (nSPS) is 10.5. The van der Waals surface area contributed by atoms with Crippen molar-refractivity contribution in [2.75, 3.05) is 6.61 Å². The van der Waals surface area contributed by atoms with Crippen molar-refractivity contribution in [2.24, 2.45) is 0 Å². The highest BCUT2D eigenvalue weighted by molar-refractivity contribution is 7.09. The molecule has 2 rings (SSSR count). The molecule has 0 saturated heterocycles. The van der Waals surface area contributed by atoms with Gasteiger partial charge in [0.2, 0.25) is 0 Å². The van der Waals surface area contributed by atoms with Gasteiger partial charge in [0.15, 0.2) is 0 Å².